The molecule has 0 aliphatic rings. The minimum Gasteiger partial charge on any atom is -0.406 e. The largest absolute Gasteiger partial charge is 0.573 e. The number of halogens is 3. The predicted molar refractivity (Wildman–Crippen MR) is 93.6 cm³/mol. The molecule has 3 rings (SSSR count). The van der Waals surface area contributed by atoms with Gasteiger partial charge in [-0.1, -0.05) is 0 Å². The molecule has 11 heteroatoms. The maximum absolute atomic E-state index is 12.4. The number of hydrogen-bond acceptors (Lipinski definition) is 5. The van der Waals surface area contributed by atoms with Crippen LogP contribution in [0.15, 0.2) is 59.9 Å². The molecule has 0 spiro atoms. The Balaban J connectivity index is 1.71. The summed E-state index contributed by atoms with van der Waals surface area (Å²) in [7, 11) is -2.15. The van der Waals surface area contributed by atoms with Crippen molar-refractivity contribution >= 4 is 10.0 Å². The smallest absolute Gasteiger partial charge is 0.406 e. The quantitative estimate of drug-likeness (QED) is 0.673. The zero-order valence-corrected chi connectivity index (χ0v) is 15.3. The third-order valence-electron chi connectivity index (χ3n) is 3.75. The standard InChI is InChI=1S/C17H15F3N4O3S/c1-24-16(6-7-22-24)13-8-12(9-21-11-13)10-23-28(25,26)15-4-2-14(3-5-15)27-17(18,19)20/h2-9,11,23H,10H2,1H3. The van der Waals surface area contributed by atoms with Crippen molar-refractivity contribution in [1.82, 2.24) is 19.5 Å². The number of alkyl halides is 3. The van der Waals surface area contributed by atoms with Crippen LogP contribution in [0.2, 0.25) is 0 Å². The number of sulfonamides is 1. The lowest BCUT2D eigenvalue weighted by Crippen LogP contribution is -2.23. The molecule has 0 atom stereocenters. The van der Waals surface area contributed by atoms with Crippen LogP contribution in [0.4, 0.5) is 13.2 Å². The SMILES string of the molecule is Cn1nccc1-c1cncc(CNS(=O)(=O)c2ccc(OC(F)(F)F)cc2)c1. The van der Waals surface area contributed by atoms with Gasteiger partial charge in [-0.2, -0.15) is 5.10 Å². The van der Waals surface area contributed by atoms with Crippen LogP contribution in [0.5, 0.6) is 5.75 Å². The van der Waals surface area contributed by atoms with Crippen molar-refractivity contribution in [2.45, 2.75) is 17.8 Å². The number of aryl methyl sites for hydroxylation is 1. The Labute approximate surface area is 158 Å². The number of nitrogens with zero attached hydrogens (tertiary/aromatic N) is 3. The van der Waals surface area contributed by atoms with Crippen molar-refractivity contribution in [3.8, 4) is 17.0 Å². The van der Waals surface area contributed by atoms with E-state index in [0.717, 1.165) is 35.5 Å². The Kier molecular flexibility index (Phi) is 5.38. The van der Waals surface area contributed by atoms with E-state index < -0.39 is 22.1 Å². The molecule has 0 bridgehead atoms. The second kappa shape index (κ2) is 7.60. The van der Waals surface area contributed by atoms with Crippen LogP contribution < -0.4 is 9.46 Å². The molecule has 0 unspecified atom stereocenters. The normalized spacial score (nSPS) is 12.1. The molecule has 3 aromatic rings. The van der Waals surface area contributed by atoms with Crippen molar-refractivity contribution in [2.24, 2.45) is 7.05 Å². The topological polar surface area (TPSA) is 86.1 Å². The summed E-state index contributed by atoms with van der Waals surface area (Å²) in [5.41, 5.74) is 2.20. The zero-order valence-electron chi connectivity index (χ0n) is 14.5. The fourth-order valence-corrected chi connectivity index (χ4v) is 3.48. The van der Waals surface area contributed by atoms with Crippen molar-refractivity contribution < 1.29 is 26.3 Å². The first kappa shape index (κ1) is 19.8. The van der Waals surface area contributed by atoms with E-state index in [9.17, 15) is 21.6 Å². The van der Waals surface area contributed by atoms with Crippen molar-refractivity contribution in [3.05, 3.63) is 60.6 Å². The molecule has 0 amide bonds. The fourth-order valence-electron chi connectivity index (χ4n) is 2.46. The molecule has 1 aromatic carbocycles. The van der Waals surface area contributed by atoms with Crippen molar-refractivity contribution in [1.29, 1.82) is 0 Å². The van der Waals surface area contributed by atoms with Gasteiger partial charge in [-0.3, -0.25) is 9.67 Å². The van der Waals surface area contributed by atoms with E-state index in [2.05, 4.69) is 19.5 Å². The third kappa shape index (κ3) is 4.87. The van der Waals surface area contributed by atoms with E-state index in [1.165, 1.54) is 6.20 Å². The van der Waals surface area contributed by atoms with Gasteiger partial charge in [0, 0.05) is 37.7 Å². The third-order valence-corrected chi connectivity index (χ3v) is 5.16. The maximum Gasteiger partial charge on any atom is 0.573 e. The van der Waals surface area contributed by atoms with Gasteiger partial charge in [-0.25, -0.2) is 13.1 Å². The highest BCUT2D eigenvalue weighted by Crippen LogP contribution is 2.24. The van der Waals surface area contributed by atoms with Crippen LogP contribution in [0.25, 0.3) is 11.3 Å². The van der Waals surface area contributed by atoms with Crippen LogP contribution in [0.1, 0.15) is 5.56 Å². The molecule has 0 saturated heterocycles. The average molecular weight is 412 g/mol. The van der Waals surface area contributed by atoms with E-state index in [1.54, 1.807) is 36.3 Å². The van der Waals surface area contributed by atoms with Crippen LogP contribution in [0.3, 0.4) is 0 Å². The number of aromatic nitrogens is 3. The van der Waals surface area contributed by atoms with Crippen LogP contribution in [-0.2, 0) is 23.6 Å². The summed E-state index contributed by atoms with van der Waals surface area (Å²) < 4.78 is 69.0. The maximum atomic E-state index is 12.4. The van der Waals surface area contributed by atoms with Crippen LogP contribution >= 0.6 is 0 Å². The van der Waals surface area contributed by atoms with Crippen molar-refractivity contribution in [3.63, 3.8) is 0 Å². The summed E-state index contributed by atoms with van der Waals surface area (Å²) >= 11 is 0. The molecular formula is C17H15F3N4O3S. The molecular weight excluding hydrogens is 397 g/mol. The molecule has 0 aliphatic heterocycles. The Hall–Kier alpha value is -2.92. The van der Waals surface area contributed by atoms with Gasteiger partial charge in [-0.15, -0.1) is 13.2 Å². The lowest BCUT2D eigenvalue weighted by atomic mass is 10.1. The van der Waals surface area contributed by atoms with Gasteiger partial charge in [0.25, 0.3) is 0 Å². The monoisotopic (exact) mass is 412 g/mol. The Morgan fingerprint density at radius 1 is 1.14 bits per heavy atom. The van der Waals surface area contributed by atoms with E-state index in [4.69, 9.17) is 0 Å². The van der Waals surface area contributed by atoms with E-state index in [0.29, 0.717) is 5.56 Å². The van der Waals surface area contributed by atoms with Crippen molar-refractivity contribution in [2.75, 3.05) is 0 Å². The number of benzene rings is 1. The highest BCUT2D eigenvalue weighted by molar-refractivity contribution is 7.89. The molecule has 2 heterocycles. The number of rotatable bonds is 6. The molecule has 148 valence electrons. The summed E-state index contributed by atoms with van der Waals surface area (Å²) in [5, 5.41) is 4.07. The first-order valence-corrected chi connectivity index (χ1v) is 9.40. The van der Waals surface area contributed by atoms with Gasteiger partial charge in [0.15, 0.2) is 0 Å². The first-order valence-electron chi connectivity index (χ1n) is 7.92. The highest BCUT2D eigenvalue weighted by atomic mass is 32.2. The fraction of sp³-hybridized carbons (Fsp3) is 0.176. The summed E-state index contributed by atoms with van der Waals surface area (Å²) in [6.07, 6.45) is -0.0571. The van der Waals surface area contributed by atoms with Gasteiger partial charge in [0.2, 0.25) is 10.0 Å². The number of ether oxygens (including phenoxy) is 1. The minimum absolute atomic E-state index is 0.0399. The van der Waals surface area contributed by atoms with E-state index in [1.807, 2.05) is 0 Å². The minimum atomic E-state index is -4.84. The second-order valence-corrected chi connectivity index (χ2v) is 7.53. The Bertz CT molecular complexity index is 1060. The predicted octanol–water partition coefficient (Wildman–Crippen LogP) is 2.86. The van der Waals surface area contributed by atoms with Crippen LogP contribution in [-0.4, -0.2) is 29.5 Å². The average Bonchev–Trinajstić information content (AvgIpc) is 3.05. The Morgan fingerprint density at radius 3 is 2.46 bits per heavy atom. The van der Waals surface area contributed by atoms with Gasteiger partial charge in [0.1, 0.15) is 5.75 Å². The zero-order chi connectivity index (χ0) is 20.4. The lowest BCUT2D eigenvalue weighted by Gasteiger charge is -2.10. The summed E-state index contributed by atoms with van der Waals surface area (Å²) in [6, 6.07) is 7.52. The molecule has 28 heavy (non-hydrogen) atoms. The summed E-state index contributed by atoms with van der Waals surface area (Å²) in [6.45, 7) is -0.0399. The van der Waals surface area contributed by atoms with Crippen LogP contribution in [0, 0.1) is 0 Å². The molecule has 7 nitrogen and oxygen atoms in total. The van der Waals surface area contributed by atoms with E-state index in [-0.39, 0.29) is 11.4 Å². The molecule has 0 fully saturated rings. The summed E-state index contributed by atoms with van der Waals surface area (Å²) in [4.78, 5) is 3.92. The molecule has 2 aromatic heterocycles. The number of hydrogen-bond donors (Lipinski definition) is 1. The molecule has 0 aliphatic carbocycles. The van der Waals surface area contributed by atoms with Gasteiger partial charge in [-0.05, 0) is 42.0 Å². The first-order chi connectivity index (χ1) is 13.1. The summed E-state index contributed by atoms with van der Waals surface area (Å²) in [5.74, 6) is -0.500. The highest BCUT2D eigenvalue weighted by Gasteiger charge is 2.31. The Morgan fingerprint density at radius 2 is 1.86 bits per heavy atom. The molecule has 0 radical (unpaired) electrons. The molecule has 0 saturated carbocycles. The second-order valence-electron chi connectivity index (χ2n) is 5.77. The molecule has 1 N–H and O–H groups in total. The van der Waals surface area contributed by atoms with Gasteiger partial charge < -0.3 is 4.74 Å². The van der Waals surface area contributed by atoms with Gasteiger partial charge in [0.05, 0.1) is 10.6 Å². The van der Waals surface area contributed by atoms with E-state index >= 15 is 0 Å². The van der Waals surface area contributed by atoms with Gasteiger partial charge >= 0.3 is 6.36 Å². The lowest BCUT2D eigenvalue weighted by molar-refractivity contribution is -0.274. The number of nitrogens with one attached hydrogen (secondary N) is 1. The number of pyridine rings is 1.